The van der Waals surface area contributed by atoms with E-state index in [0.717, 1.165) is 0 Å². The lowest BCUT2D eigenvalue weighted by Crippen LogP contribution is -2.55. The van der Waals surface area contributed by atoms with Crippen molar-refractivity contribution in [1.82, 2.24) is 0 Å². The maximum Gasteiger partial charge on any atom is 0.460 e. The molecule has 0 aliphatic heterocycles. The molecule has 0 radical (unpaired) electrons. The average Bonchev–Trinajstić information content (AvgIpc) is 2.51. The number of Topliss-reactive ketones (excluding diaryl/α,β-unsaturated/α-hetero) is 2. The summed E-state index contributed by atoms with van der Waals surface area (Å²) in [5.41, 5.74) is -2.17. The molecule has 0 N–H and O–H groups in total. The highest BCUT2D eigenvalue weighted by atomic mass is 19.4. The van der Waals surface area contributed by atoms with Crippen LogP contribution < -0.4 is 5.11 Å². The minimum absolute atomic E-state index is 0.0208. The molecule has 0 atom stereocenters. The smallest absolute Gasteiger partial charge is 0.460 e. The molecule has 0 spiro atoms. The summed E-state index contributed by atoms with van der Waals surface area (Å²) in [6.45, 7) is 14.6. The zero-order valence-corrected chi connectivity index (χ0v) is 19.6. The van der Waals surface area contributed by atoms with Crippen molar-refractivity contribution in [3.63, 3.8) is 0 Å². The molecule has 0 aliphatic carbocycles. The molecule has 4 nitrogen and oxygen atoms in total. The maximum absolute atomic E-state index is 12.8. The second-order valence-corrected chi connectivity index (χ2v) is 10.3. The molecule has 0 heterocycles. The molecule has 0 fully saturated rings. The second kappa shape index (κ2) is 9.91. The van der Waals surface area contributed by atoms with Gasteiger partial charge in [-0.1, -0.05) is 62.3 Å². The standard InChI is InChI=1S/C11H20O2.C10H11F7O2/c1-10(2,3)8(12)7-9(13)11(4,5)6;1-7(2,3)5(18)4-6(19)8(11,12)9(13,14)10(15,16)17/h7H2,1-6H3;4,18H,1-3H3/p-1/b;5-4-. The fourth-order valence-corrected chi connectivity index (χ4v) is 1.44. The SMILES string of the molecule is CC(C)(C)/C([O-])=C/C(=O)C(F)(F)C(F)(F)C(F)(F)F.CC(C)(C)C(=O)CC(=O)C(C)(C)C. The summed E-state index contributed by atoms with van der Waals surface area (Å²) in [7, 11) is 0. The number of carbonyl (C=O) groups is 3. The molecular formula is C21H30F7O4-. The van der Waals surface area contributed by atoms with Gasteiger partial charge in [-0.15, -0.1) is 5.76 Å². The number of hydrogen-bond acceptors (Lipinski definition) is 4. The third-order valence-corrected chi connectivity index (χ3v) is 4.06. The summed E-state index contributed by atoms with van der Waals surface area (Å²) in [6, 6.07) is 0. The van der Waals surface area contributed by atoms with Gasteiger partial charge in [0.05, 0.1) is 6.42 Å². The van der Waals surface area contributed by atoms with Crippen LogP contribution in [0, 0.1) is 16.2 Å². The van der Waals surface area contributed by atoms with Gasteiger partial charge in [-0.2, -0.15) is 30.7 Å². The van der Waals surface area contributed by atoms with Crippen LogP contribution in [0.15, 0.2) is 11.8 Å². The summed E-state index contributed by atoms with van der Waals surface area (Å²) >= 11 is 0. The molecule has 0 aromatic carbocycles. The summed E-state index contributed by atoms with van der Waals surface area (Å²) in [5, 5.41) is 11.2. The Morgan fingerprint density at radius 3 is 1.19 bits per heavy atom. The summed E-state index contributed by atoms with van der Waals surface area (Å²) in [6.07, 6.45) is -6.97. The number of ketones is 3. The van der Waals surface area contributed by atoms with E-state index in [9.17, 15) is 50.2 Å². The van der Waals surface area contributed by atoms with Crippen LogP contribution in [-0.2, 0) is 14.4 Å². The Morgan fingerprint density at radius 1 is 0.656 bits per heavy atom. The first-order chi connectivity index (χ1) is 13.6. The van der Waals surface area contributed by atoms with Crippen molar-refractivity contribution in [1.29, 1.82) is 0 Å². The van der Waals surface area contributed by atoms with Crippen LogP contribution in [0.1, 0.15) is 68.7 Å². The molecule has 0 aromatic rings. The Morgan fingerprint density at radius 2 is 0.969 bits per heavy atom. The fourth-order valence-electron chi connectivity index (χ4n) is 1.44. The van der Waals surface area contributed by atoms with Crippen molar-refractivity contribution < 1.29 is 50.2 Å². The molecule has 0 rings (SSSR count). The highest BCUT2D eigenvalue weighted by Gasteiger charge is 2.75. The first kappa shape index (κ1) is 32.2. The second-order valence-electron chi connectivity index (χ2n) is 10.3. The van der Waals surface area contributed by atoms with E-state index in [1.54, 1.807) is 0 Å². The lowest BCUT2D eigenvalue weighted by atomic mass is 9.82. The van der Waals surface area contributed by atoms with Gasteiger partial charge in [0.15, 0.2) is 0 Å². The van der Waals surface area contributed by atoms with Crippen molar-refractivity contribution in [3.8, 4) is 0 Å². The Bertz CT molecular complexity index is 705. The van der Waals surface area contributed by atoms with E-state index < -0.39 is 51.9 Å². The molecule has 188 valence electrons. The molecule has 11 heteroatoms. The zero-order chi connectivity index (χ0) is 26.7. The minimum atomic E-state index is -6.61. The molecule has 0 saturated heterocycles. The Kier molecular flexibility index (Phi) is 9.98. The number of allylic oxidation sites excluding steroid dienone is 2. The number of carbonyl (C=O) groups excluding carboxylic acids is 3. The van der Waals surface area contributed by atoms with E-state index in [0.29, 0.717) is 0 Å². The van der Waals surface area contributed by atoms with E-state index in [4.69, 9.17) is 0 Å². The van der Waals surface area contributed by atoms with E-state index >= 15 is 0 Å². The predicted molar refractivity (Wildman–Crippen MR) is 102 cm³/mol. The van der Waals surface area contributed by atoms with Gasteiger partial charge in [-0.3, -0.25) is 14.4 Å². The molecule has 0 saturated carbocycles. The zero-order valence-electron chi connectivity index (χ0n) is 19.6. The van der Waals surface area contributed by atoms with Crippen molar-refractivity contribution in [2.24, 2.45) is 16.2 Å². The summed E-state index contributed by atoms with van der Waals surface area (Å²) < 4.78 is 86.0. The van der Waals surface area contributed by atoms with Crippen LogP contribution in [-0.4, -0.2) is 35.4 Å². The molecule has 0 aliphatic rings. The molecule has 32 heavy (non-hydrogen) atoms. The first-order valence-electron chi connectivity index (χ1n) is 9.42. The highest BCUT2D eigenvalue weighted by molar-refractivity contribution is 6.03. The van der Waals surface area contributed by atoms with Gasteiger partial charge in [-0.05, 0) is 11.5 Å². The van der Waals surface area contributed by atoms with E-state index in [1.807, 2.05) is 41.5 Å². The molecule has 0 bridgehead atoms. The third kappa shape index (κ3) is 8.90. The van der Waals surface area contributed by atoms with E-state index in [-0.39, 0.29) is 18.0 Å². The maximum atomic E-state index is 12.8. The third-order valence-electron chi connectivity index (χ3n) is 4.06. The molecule has 0 aromatic heterocycles. The normalized spacial score (nSPS) is 14.4. The highest BCUT2D eigenvalue weighted by Crippen LogP contribution is 2.47. The van der Waals surface area contributed by atoms with E-state index in [1.165, 1.54) is 20.8 Å². The number of rotatable bonds is 5. The number of hydrogen-bond donors (Lipinski definition) is 0. The van der Waals surface area contributed by atoms with Gasteiger partial charge in [0, 0.05) is 10.8 Å². The van der Waals surface area contributed by atoms with Crippen LogP contribution in [0.5, 0.6) is 0 Å². The monoisotopic (exact) mass is 479 g/mol. The molecular weight excluding hydrogens is 449 g/mol. The lowest BCUT2D eigenvalue weighted by Gasteiger charge is -2.30. The minimum Gasteiger partial charge on any atom is -0.875 e. The first-order valence-corrected chi connectivity index (χ1v) is 9.42. The van der Waals surface area contributed by atoms with Gasteiger partial charge < -0.3 is 5.11 Å². The van der Waals surface area contributed by atoms with Gasteiger partial charge in [0.2, 0.25) is 5.78 Å². The Balaban J connectivity index is 0. The van der Waals surface area contributed by atoms with Gasteiger partial charge in [0.25, 0.3) is 0 Å². The van der Waals surface area contributed by atoms with Crippen molar-refractivity contribution in [3.05, 3.63) is 11.8 Å². The van der Waals surface area contributed by atoms with Crippen molar-refractivity contribution >= 4 is 17.3 Å². The fraction of sp³-hybridized carbons (Fsp3) is 0.762. The quantitative estimate of drug-likeness (QED) is 0.233. The van der Waals surface area contributed by atoms with Gasteiger partial charge >= 0.3 is 18.0 Å². The number of alkyl halides is 7. The van der Waals surface area contributed by atoms with Gasteiger partial charge in [0.1, 0.15) is 11.6 Å². The van der Waals surface area contributed by atoms with Crippen molar-refractivity contribution in [2.75, 3.05) is 0 Å². The number of halogens is 7. The van der Waals surface area contributed by atoms with Crippen LogP contribution >= 0.6 is 0 Å². The average molecular weight is 479 g/mol. The molecule has 0 amide bonds. The van der Waals surface area contributed by atoms with Crippen LogP contribution in [0.25, 0.3) is 0 Å². The van der Waals surface area contributed by atoms with Crippen LogP contribution in [0.4, 0.5) is 30.7 Å². The largest absolute Gasteiger partial charge is 0.875 e. The Hall–Kier alpha value is -1.94. The summed E-state index contributed by atoms with van der Waals surface area (Å²) in [4.78, 5) is 33.8. The Labute approximate surface area is 183 Å². The van der Waals surface area contributed by atoms with Crippen LogP contribution in [0.2, 0.25) is 0 Å². The lowest BCUT2D eigenvalue weighted by molar-refractivity contribution is -0.343. The van der Waals surface area contributed by atoms with Crippen molar-refractivity contribution in [2.45, 2.75) is 86.8 Å². The van der Waals surface area contributed by atoms with E-state index in [2.05, 4.69) is 0 Å². The van der Waals surface area contributed by atoms with Gasteiger partial charge in [-0.25, -0.2) is 0 Å². The topological polar surface area (TPSA) is 74.3 Å². The molecule has 0 unspecified atom stereocenters. The van der Waals surface area contributed by atoms with Crippen LogP contribution in [0.3, 0.4) is 0 Å². The summed E-state index contributed by atoms with van der Waals surface area (Å²) in [5.74, 6) is -16.7. The predicted octanol–water partition coefficient (Wildman–Crippen LogP) is 5.29.